The van der Waals surface area contributed by atoms with Gasteiger partial charge in [0.15, 0.2) is 11.5 Å². The second-order valence-electron chi connectivity index (χ2n) is 6.94. The number of fused-ring (bicyclic) bond motifs is 1. The maximum absolute atomic E-state index is 10.4. The number of hydrogen-bond donors (Lipinski definition) is 1. The van der Waals surface area contributed by atoms with E-state index in [-0.39, 0.29) is 6.61 Å². The van der Waals surface area contributed by atoms with Crippen molar-refractivity contribution in [3.05, 3.63) is 60.3 Å². The number of ether oxygens (including phenoxy) is 1. The molecule has 3 heterocycles. The standard InChI is InChI=1S/C22H22N6O2.C2H6/c1-15-5-7-16(8-6-15)28-21(17-4-3-11-24-20(17)23)25-18-9-10-19(26-22(18)28)27(2)12-13-30-14-29;1-2/h3-11,14H,12-13H2,1-2H3,(H2,23,24);1-2H3. The fourth-order valence-electron chi connectivity index (χ4n) is 3.24. The summed E-state index contributed by atoms with van der Waals surface area (Å²) in [5.74, 6) is 1.83. The number of benzene rings is 1. The van der Waals surface area contributed by atoms with Crippen molar-refractivity contribution in [2.24, 2.45) is 0 Å². The summed E-state index contributed by atoms with van der Waals surface area (Å²) in [6.45, 7) is 7.30. The fourth-order valence-corrected chi connectivity index (χ4v) is 3.24. The molecular weight excluding hydrogens is 404 g/mol. The average Bonchev–Trinajstić information content (AvgIpc) is 3.20. The van der Waals surface area contributed by atoms with Crippen LogP contribution in [0.2, 0.25) is 0 Å². The predicted octanol–water partition coefficient (Wildman–Crippen LogP) is 4.01. The number of nitrogens with two attached hydrogens (primary N) is 1. The van der Waals surface area contributed by atoms with E-state index in [1.54, 1.807) is 6.20 Å². The van der Waals surface area contributed by atoms with Gasteiger partial charge in [0.25, 0.3) is 6.47 Å². The van der Waals surface area contributed by atoms with Crippen molar-refractivity contribution in [2.45, 2.75) is 20.8 Å². The molecule has 4 aromatic rings. The molecule has 8 nitrogen and oxygen atoms in total. The number of anilines is 2. The third-order valence-corrected chi connectivity index (χ3v) is 4.87. The lowest BCUT2D eigenvalue weighted by atomic mass is 10.2. The number of aryl methyl sites for hydroxylation is 1. The molecule has 0 aliphatic carbocycles. The Labute approximate surface area is 187 Å². The lowest BCUT2D eigenvalue weighted by Gasteiger charge is -2.17. The minimum absolute atomic E-state index is 0.286. The van der Waals surface area contributed by atoms with E-state index in [4.69, 9.17) is 20.4 Å². The van der Waals surface area contributed by atoms with Gasteiger partial charge in [-0.2, -0.15) is 0 Å². The van der Waals surface area contributed by atoms with Crippen molar-refractivity contribution in [1.29, 1.82) is 0 Å². The highest BCUT2D eigenvalue weighted by Gasteiger charge is 2.18. The van der Waals surface area contributed by atoms with Crippen LogP contribution in [0.3, 0.4) is 0 Å². The number of carbonyl (C=O) groups excluding carboxylic acids is 1. The molecule has 2 N–H and O–H groups in total. The van der Waals surface area contributed by atoms with Crippen LogP contribution in [-0.2, 0) is 9.53 Å². The number of aromatic nitrogens is 4. The van der Waals surface area contributed by atoms with Crippen LogP contribution in [0, 0.1) is 6.92 Å². The van der Waals surface area contributed by atoms with Crippen LogP contribution in [-0.4, -0.2) is 46.2 Å². The molecule has 0 atom stereocenters. The summed E-state index contributed by atoms with van der Waals surface area (Å²) in [5, 5.41) is 0. The SMILES string of the molecule is CC.Cc1ccc(-n2c(-c3cccnc3N)nc3ccc(N(C)CCOC=O)nc32)cc1. The summed E-state index contributed by atoms with van der Waals surface area (Å²) in [5.41, 5.74) is 10.4. The van der Waals surface area contributed by atoms with Crippen LogP contribution in [0.4, 0.5) is 11.6 Å². The van der Waals surface area contributed by atoms with E-state index in [0.717, 1.165) is 28.1 Å². The van der Waals surface area contributed by atoms with Crippen molar-refractivity contribution in [1.82, 2.24) is 19.5 Å². The third kappa shape index (κ3) is 4.69. The average molecular weight is 433 g/mol. The molecule has 0 aliphatic heterocycles. The normalized spacial score (nSPS) is 10.4. The van der Waals surface area contributed by atoms with Gasteiger partial charge in [0, 0.05) is 18.9 Å². The van der Waals surface area contributed by atoms with E-state index in [1.165, 1.54) is 0 Å². The summed E-state index contributed by atoms with van der Waals surface area (Å²) in [4.78, 5) is 26.2. The first-order valence-corrected chi connectivity index (χ1v) is 10.5. The maximum Gasteiger partial charge on any atom is 0.293 e. The van der Waals surface area contributed by atoms with Gasteiger partial charge in [-0.3, -0.25) is 9.36 Å². The number of rotatable bonds is 7. The lowest BCUT2D eigenvalue weighted by molar-refractivity contribution is -0.128. The Morgan fingerprint density at radius 2 is 1.84 bits per heavy atom. The van der Waals surface area contributed by atoms with E-state index in [1.807, 2.05) is 85.8 Å². The quantitative estimate of drug-likeness (QED) is 0.348. The first-order valence-electron chi connectivity index (χ1n) is 10.5. The van der Waals surface area contributed by atoms with Gasteiger partial charge in [-0.1, -0.05) is 31.5 Å². The Balaban J connectivity index is 0.00000141. The minimum Gasteiger partial charge on any atom is -0.466 e. The van der Waals surface area contributed by atoms with E-state index in [2.05, 4.69) is 4.98 Å². The first kappa shape index (κ1) is 22.7. The Kier molecular flexibility index (Phi) is 7.38. The lowest BCUT2D eigenvalue weighted by Crippen LogP contribution is -2.23. The molecular formula is C24H28N6O2. The van der Waals surface area contributed by atoms with Gasteiger partial charge >= 0.3 is 0 Å². The number of nitrogen functional groups attached to an aromatic ring is 1. The molecule has 1 aromatic carbocycles. The van der Waals surface area contributed by atoms with Gasteiger partial charge in [0.1, 0.15) is 23.8 Å². The molecule has 8 heteroatoms. The molecule has 32 heavy (non-hydrogen) atoms. The summed E-state index contributed by atoms with van der Waals surface area (Å²) in [6.07, 6.45) is 1.66. The first-order chi connectivity index (χ1) is 15.6. The minimum atomic E-state index is 0.286. The second kappa shape index (κ2) is 10.4. The zero-order valence-electron chi connectivity index (χ0n) is 18.8. The van der Waals surface area contributed by atoms with Crippen LogP contribution < -0.4 is 10.6 Å². The van der Waals surface area contributed by atoms with Crippen molar-refractivity contribution in [3.63, 3.8) is 0 Å². The second-order valence-corrected chi connectivity index (χ2v) is 6.94. The molecule has 0 aliphatic rings. The molecule has 0 amide bonds. The number of hydrogen-bond acceptors (Lipinski definition) is 7. The van der Waals surface area contributed by atoms with Gasteiger partial charge in [0.05, 0.1) is 12.1 Å². The summed E-state index contributed by atoms with van der Waals surface area (Å²) < 4.78 is 6.79. The van der Waals surface area contributed by atoms with Crippen LogP contribution in [0.15, 0.2) is 54.7 Å². The van der Waals surface area contributed by atoms with Gasteiger partial charge in [-0.15, -0.1) is 0 Å². The van der Waals surface area contributed by atoms with E-state index >= 15 is 0 Å². The Morgan fingerprint density at radius 3 is 2.53 bits per heavy atom. The van der Waals surface area contributed by atoms with Crippen LogP contribution in [0.5, 0.6) is 0 Å². The topological polar surface area (TPSA) is 99.2 Å². The van der Waals surface area contributed by atoms with Crippen molar-refractivity contribution in [2.75, 3.05) is 30.8 Å². The Bertz CT molecular complexity index is 1190. The maximum atomic E-state index is 10.4. The summed E-state index contributed by atoms with van der Waals surface area (Å²) in [7, 11) is 1.90. The molecule has 0 unspecified atom stereocenters. The molecule has 166 valence electrons. The zero-order valence-corrected chi connectivity index (χ0v) is 18.8. The number of likely N-dealkylation sites (N-methyl/N-ethyl adjacent to an activating group) is 1. The molecule has 4 rings (SSSR count). The monoisotopic (exact) mass is 432 g/mol. The molecule has 0 saturated carbocycles. The number of pyridine rings is 2. The Morgan fingerprint density at radius 1 is 1.09 bits per heavy atom. The largest absolute Gasteiger partial charge is 0.466 e. The van der Waals surface area contributed by atoms with Crippen molar-refractivity contribution < 1.29 is 9.53 Å². The summed E-state index contributed by atoms with van der Waals surface area (Å²) >= 11 is 0. The van der Waals surface area contributed by atoms with Crippen LogP contribution in [0.1, 0.15) is 19.4 Å². The van der Waals surface area contributed by atoms with E-state index in [0.29, 0.717) is 30.3 Å². The molecule has 0 fully saturated rings. The van der Waals surface area contributed by atoms with Gasteiger partial charge in [-0.05, 0) is 43.3 Å². The Hall–Kier alpha value is -3.94. The van der Waals surface area contributed by atoms with Gasteiger partial charge < -0.3 is 15.4 Å². The predicted molar refractivity (Wildman–Crippen MR) is 128 cm³/mol. The van der Waals surface area contributed by atoms with Crippen LogP contribution >= 0.6 is 0 Å². The molecule has 0 saturated heterocycles. The van der Waals surface area contributed by atoms with E-state index in [9.17, 15) is 4.79 Å². The van der Waals surface area contributed by atoms with E-state index < -0.39 is 0 Å². The molecule has 0 spiro atoms. The highest BCUT2D eigenvalue weighted by atomic mass is 16.5. The third-order valence-electron chi connectivity index (χ3n) is 4.87. The smallest absolute Gasteiger partial charge is 0.293 e. The highest BCUT2D eigenvalue weighted by molar-refractivity contribution is 5.83. The molecule has 0 radical (unpaired) electrons. The van der Waals surface area contributed by atoms with Crippen LogP contribution in [0.25, 0.3) is 28.2 Å². The fraction of sp³-hybridized carbons (Fsp3) is 0.250. The van der Waals surface area contributed by atoms with Gasteiger partial charge in [0.2, 0.25) is 0 Å². The number of nitrogens with zero attached hydrogens (tertiary/aromatic N) is 5. The molecule has 0 bridgehead atoms. The molecule has 3 aromatic heterocycles. The van der Waals surface area contributed by atoms with Gasteiger partial charge in [-0.25, -0.2) is 15.0 Å². The van der Waals surface area contributed by atoms with Crippen molar-refractivity contribution >= 4 is 29.3 Å². The highest BCUT2D eigenvalue weighted by Crippen LogP contribution is 2.31. The zero-order chi connectivity index (χ0) is 23.1. The summed E-state index contributed by atoms with van der Waals surface area (Å²) in [6, 6.07) is 15.7. The number of carbonyl (C=O) groups is 1. The number of imidazole rings is 1. The van der Waals surface area contributed by atoms with Crippen molar-refractivity contribution in [3.8, 4) is 17.1 Å².